The number of nitrogens with zero attached hydrogens (tertiary/aromatic N) is 2. The van der Waals surface area contributed by atoms with Gasteiger partial charge in [-0.3, -0.25) is 9.78 Å². The van der Waals surface area contributed by atoms with E-state index in [0.717, 1.165) is 44.7 Å². The van der Waals surface area contributed by atoms with Crippen molar-refractivity contribution in [2.45, 2.75) is 25.1 Å². The molecule has 0 aliphatic carbocycles. The van der Waals surface area contributed by atoms with Gasteiger partial charge in [0, 0.05) is 24.3 Å². The second kappa shape index (κ2) is 7.43. The number of piperidine rings is 3. The number of ether oxygens (including phenoxy) is 1. The molecule has 1 amide bonds. The maximum Gasteiger partial charge on any atom is 0.418 e. The number of alkyl halides is 3. The number of halogens is 3. The van der Waals surface area contributed by atoms with E-state index in [1.165, 1.54) is 6.20 Å². The molecule has 8 heteroatoms. The van der Waals surface area contributed by atoms with Gasteiger partial charge in [0.1, 0.15) is 11.5 Å². The van der Waals surface area contributed by atoms with Crippen LogP contribution in [0.25, 0.3) is 0 Å². The van der Waals surface area contributed by atoms with Gasteiger partial charge in [-0.25, -0.2) is 0 Å². The summed E-state index contributed by atoms with van der Waals surface area (Å²) in [6.07, 6.45) is -0.299. The number of aromatic nitrogens is 1. The number of pyridine rings is 1. The first-order chi connectivity index (χ1) is 13.4. The van der Waals surface area contributed by atoms with Gasteiger partial charge in [0.05, 0.1) is 11.8 Å². The minimum Gasteiger partial charge on any atom is -0.456 e. The van der Waals surface area contributed by atoms with Crippen LogP contribution in [-0.4, -0.2) is 41.5 Å². The van der Waals surface area contributed by atoms with Crippen LogP contribution in [0.2, 0.25) is 0 Å². The van der Waals surface area contributed by atoms with E-state index in [9.17, 15) is 18.0 Å². The van der Waals surface area contributed by atoms with Gasteiger partial charge in [-0.2, -0.15) is 13.2 Å². The van der Waals surface area contributed by atoms with Gasteiger partial charge in [0.25, 0.3) is 5.91 Å². The second-order valence-electron chi connectivity index (χ2n) is 7.25. The third kappa shape index (κ3) is 4.11. The average molecular weight is 391 g/mol. The molecule has 1 aromatic carbocycles. The Balaban J connectivity index is 1.39. The third-order valence-electron chi connectivity index (χ3n) is 5.37. The fourth-order valence-electron chi connectivity index (χ4n) is 3.82. The Bertz CT molecular complexity index is 847. The summed E-state index contributed by atoms with van der Waals surface area (Å²) < 4.78 is 43.7. The van der Waals surface area contributed by atoms with Crippen molar-refractivity contribution in [3.63, 3.8) is 0 Å². The highest BCUT2D eigenvalue weighted by molar-refractivity contribution is 5.94. The molecule has 0 saturated carbocycles. The van der Waals surface area contributed by atoms with Crippen LogP contribution in [0.5, 0.6) is 11.5 Å². The van der Waals surface area contributed by atoms with Crippen molar-refractivity contribution < 1.29 is 22.7 Å². The summed E-state index contributed by atoms with van der Waals surface area (Å²) in [5, 5.41) is 3.10. The van der Waals surface area contributed by atoms with Gasteiger partial charge >= 0.3 is 6.18 Å². The van der Waals surface area contributed by atoms with Crippen molar-refractivity contribution in [3.05, 3.63) is 53.9 Å². The van der Waals surface area contributed by atoms with Crippen molar-refractivity contribution in [2.75, 3.05) is 19.6 Å². The van der Waals surface area contributed by atoms with Crippen LogP contribution in [-0.2, 0) is 6.18 Å². The summed E-state index contributed by atoms with van der Waals surface area (Å²) in [4.78, 5) is 18.4. The Morgan fingerprint density at radius 1 is 1.11 bits per heavy atom. The number of carbonyl (C=O) groups excluding carboxylic acids is 1. The zero-order valence-corrected chi connectivity index (χ0v) is 15.1. The molecule has 0 radical (unpaired) electrons. The van der Waals surface area contributed by atoms with Crippen LogP contribution in [0, 0.1) is 5.92 Å². The molecule has 0 spiro atoms. The molecule has 4 heterocycles. The molecule has 1 aromatic heterocycles. The van der Waals surface area contributed by atoms with E-state index in [4.69, 9.17) is 4.74 Å². The average Bonchev–Trinajstić information content (AvgIpc) is 2.69. The largest absolute Gasteiger partial charge is 0.456 e. The summed E-state index contributed by atoms with van der Waals surface area (Å²) >= 11 is 0. The van der Waals surface area contributed by atoms with E-state index in [0.29, 0.717) is 17.2 Å². The number of rotatable bonds is 4. The normalized spacial score (nSPS) is 24.0. The smallest absolute Gasteiger partial charge is 0.418 e. The summed E-state index contributed by atoms with van der Waals surface area (Å²) in [5.74, 6) is 0.704. The van der Waals surface area contributed by atoms with Crippen LogP contribution in [0.15, 0.2) is 42.7 Å². The minimum atomic E-state index is -4.48. The second-order valence-corrected chi connectivity index (χ2v) is 7.25. The lowest BCUT2D eigenvalue weighted by Crippen LogP contribution is -2.57. The summed E-state index contributed by atoms with van der Waals surface area (Å²) in [6, 6.07) is 7.39. The molecule has 3 aliphatic heterocycles. The maximum absolute atomic E-state index is 12.8. The lowest BCUT2D eigenvalue weighted by Gasteiger charge is -2.44. The fraction of sp³-hybridized carbons (Fsp3) is 0.400. The summed E-state index contributed by atoms with van der Waals surface area (Å²) in [6.45, 7) is 3.10. The summed E-state index contributed by atoms with van der Waals surface area (Å²) in [7, 11) is 0. The van der Waals surface area contributed by atoms with Crippen molar-refractivity contribution in [1.29, 1.82) is 0 Å². The standard InChI is InChI=1S/C20H20F3N3O2/c21-20(22,23)15-9-17(11-24-10-15)28-16-3-1-14(2-4-16)19(27)25-18-12-26-7-5-13(18)6-8-26/h1-4,9-11,13,18H,5-8,12H2,(H,25,27)/t18-/m0/s1. The van der Waals surface area contributed by atoms with Crippen LogP contribution in [0.4, 0.5) is 13.2 Å². The molecule has 2 aromatic rings. The number of benzene rings is 1. The molecule has 3 saturated heterocycles. The Kier molecular flexibility index (Phi) is 4.97. The zero-order valence-electron chi connectivity index (χ0n) is 15.1. The van der Waals surface area contributed by atoms with Gasteiger partial charge in [-0.1, -0.05) is 0 Å². The number of amides is 1. The first kappa shape index (κ1) is 18.7. The van der Waals surface area contributed by atoms with E-state index < -0.39 is 11.7 Å². The van der Waals surface area contributed by atoms with Crippen molar-refractivity contribution >= 4 is 5.91 Å². The fourth-order valence-corrected chi connectivity index (χ4v) is 3.82. The highest BCUT2D eigenvalue weighted by Gasteiger charge is 2.35. The number of nitrogens with one attached hydrogen (secondary N) is 1. The topological polar surface area (TPSA) is 54.5 Å². The Morgan fingerprint density at radius 3 is 2.43 bits per heavy atom. The van der Waals surface area contributed by atoms with Gasteiger partial charge in [0.15, 0.2) is 0 Å². The molecule has 3 aliphatic rings. The van der Waals surface area contributed by atoms with Gasteiger partial charge < -0.3 is 15.0 Å². The predicted octanol–water partition coefficient (Wildman–Crippen LogP) is 3.72. The third-order valence-corrected chi connectivity index (χ3v) is 5.37. The Morgan fingerprint density at radius 2 is 1.82 bits per heavy atom. The molecule has 1 N–H and O–H groups in total. The summed E-state index contributed by atoms with van der Waals surface area (Å²) in [5.41, 5.74) is -0.385. The molecule has 5 nitrogen and oxygen atoms in total. The van der Waals surface area contributed by atoms with Gasteiger partial charge in [-0.05, 0) is 62.2 Å². The van der Waals surface area contributed by atoms with Crippen molar-refractivity contribution in [2.24, 2.45) is 5.92 Å². The Hall–Kier alpha value is -2.61. The van der Waals surface area contributed by atoms with Crippen molar-refractivity contribution in [1.82, 2.24) is 15.2 Å². The molecular weight excluding hydrogens is 371 g/mol. The van der Waals surface area contributed by atoms with Crippen LogP contribution in [0.1, 0.15) is 28.8 Å². The van der Waals surface area contributed by atoms with E-state index in [2.05, 4.69) is 15.2 Å². The Labute approximate surface area is 160 Å². The quantitative estimate of drug-likeness (QED) is 0.863. The van der Waals surface area contributed by atoms with Crippen LogP contribution in [0.3, 0.4) is 0 Å². The van der Waals surface area contributed by atoms with Gasteiger partial charge in [0.2, 0.25) is 0 Å². The number of carbonyl (C=O) groups is 1. The first-order valence-electron chi connectivity index (χ1n) is 9.22. The number of hydrogen-bond donors (Lipinski definition) is 1. The van der Waals surface area contributed by atoms with E-state index in [1.807, 2.05) is 0 Å². The van der Waals surface area contributed by atoms with Crippen LogP contribution < -0.4 is 10.1 Å². The number of fused-ring (bicyclic) bond motifs is 3. The first-order valence-corrected chi connectivity index (χ1v) is 9.22. The van der Waals surface area contributed by atoms with E-state index in [-0.39, 0.29) is 17.7 Å². The molecule has 3 fully saturated rings. The highest BCUT2D eigenvalue weighted by atomic mass is 19.4. The number of hydrogen-bond acceptors (Lipinski definition) is 4. The predicted molar refractivity (Wildman–Crippen MR) is 96.2 cm³/mol. The van der Waals surface area contributed by atoms with E-state index >= 15 is 0 Å². The molecule has 0 unspecified atom stereocenters. The minimum absolute atomic E-state index is 0.0145. The molecule has 148 valence electrons. The molecule has 28 heavy (non-hydrogen) atoms. The SMILES string of the molecule is O=C(N[C@H]1CN2CCC1CC2)c1ccc(Oc2cncc(C(F)(F)F)c2)cc1. The molecular formula is C20H20F3N3O2. The van der Waals surface area contributed by atoms with Crippen molar-refractivity contribution in [3.8, 4) is 11.5 Å². The lowest BCUT2D eigenvalue weighted by molar-refractivity contribution is -0.137. The van der Waals surface area contributed by atoms with Crippen LogP contribution >= 0.6 is 0 Å². The monoisotopic (exact) mass is 391 g/mol. The highest BCUT2D eigenvalue weighted by Crippen LogP contribution is 2.32. The lowest BCUT2D eigenvalue weighted by atomic mass is 9.84. The van der Waals surface area contributed by atoms with E-state index in [1.54, 1.807) is 24.3 Å². The molecule has 2 bridgehead atoms. The zero-order chi connectivity index (χ0) is 19.7. The maximum atomic E-state index is 12.8. The molecule has 1 atom stereocenters. The molecule has 5 rings (SSSR count). The van der Waals surface area contributed by atoms with Gasteiger partial charge in [-0.15, -0.1) is 0 Å².